The van der Waals surface area contributed by atoms with E-state index in [-0.39, 0.29) is 11.3 Å². The van der Waals surface area contributed by atoms with Gasteiger partial charge < -0.3 is 5.11 Å². The Morgan fingerprint density at radius 3 is 2.80 bits per heavy atom. The van der Waals surface area contributed by atoms with Gasteiger partial charge in [0.05, 0.1) is 11.3 Å². The summed E-state index contributed by atoms with van der Waals surface area (Å²) < 4.78 is 25.8. The van der Waals surface area contributed by atoms with E-state index < -0.39 is 21.1 Å². The number of carbonyl (C=O) groups is 1. The van der Waals surface area contributed by atoms with Crippen LogP contribution < -0.4 is 0 Å². The van der Waals surface area contributed by atoms with Crippen molar-refractivity contribution in [3.63, 3.8) is 0 Å². The zero-order valence-corrected chi connectivity index (χ0v) is 11.4. The number of rotatable bonds is 2. The Bertz CT molecular complexity index is 781. The normalized spacial score (nSPS) is 21.9. The number of pyridine rings is 1. The van der Waals surface area contributed by atoms with E-state index in [1.165, 1.54) is 22.7 Å². The van der Waals surface area contributed by atoms with Gasteiger partial charge in [-0.25, -0.2) is 13.2 Å². The van der Waals surface area contributed by atoms with Gasteiger partial charge in [-0.15, -0.1) is 10.2 Å². The minimum atomic E-state index is -3.24. The van der Waals surface area contributed by atoms with Gasteiger partial charge in [-0.3, -0.25) is 4.40 Å². The molecule has 0 bridgehead atoms. The molecule has 1 fully saturated rings. The monoisotopic (exact) mass is 295 g/mol. The third-order valence-electron chi connectivity index (χ3n) is 3.54. The molecule has 1 aliphatic heterocycles. The highest BCUT2D eigenvalue weighted by Crippen LogP contribution is 2.32. The van der Waals surface area contributed by atoms with Crippen LogP contribution in [0.5, 0.6) is 0 Å². The van der Waals surface area contributed by atoms with E-state index >= 15 is 0 Å². The number of aromatic nitrogens is 3. The summed E-state index contributed by atoms with van der Waals surface area (Å²) in [5.74, 6) is -0.619. The average Bonchev–Trinajstić information content (AvgIpc) is 2.81. The molecule has 3 rings (SSSR count). The molecule has 0 aliphatic carbocycles. The third-order valence-corrected chi connectivity index (χ3v) is 5.71. The van der Waals surface area contributed by atoms with Gasteiger partial charge in [0.15, 0.2) is 21.3 Å². The molecule has 0 saturated carbocycles. The molecule has 1 atom stereocenters. The fraction of sp³-hybridized carbons (Fsp3) is 0.417. The summed E-state index contributed by atoms with van der Waals surface area (Å²) >= 11 is 0. The molecule has 2 aromatic rings. The summed E-state index contributed by atoms with van der Waals surface area (Å²) in [5, 5.41) is 16.2. The van der Waals surface area contributed by atoms with E-state index in [0.29, 0.717) is 24.3 Å². The van der Waals surface area contributed by atoms with Crippen molar-refractivity contribution in [2.45, 2.75) is 24.5 Å². The van der Waals surface area contributed by atoms with Crippen LogP contribution in [0.15, 0.2) is 18.3 Å². The Balaban J connectivity index is 2.16. The van der Waals surface area contributed by atoms with Crippen LogP contribution >= 0.6 is 0 Å². The quantitative estimate of drug-likeness (QED) is 0.889. The summed E-state index contributed by atoms with van der Waals surface area (Å²) in [7, 11) is -3.24. The molecule has 7 nitrogen and oxygen atoms in total. The first-order valence-electron chi connectivity index (χ1n) is 6.28. The zero-order valence-electron chi connectivity index (χ0n) is 10.6. The SMILES string of the molecule is O=C(O)c1ccc2nnc(C3CCCCS3(=O)=O)n2c1. The summed E-state index contributed by atoms with van der Waals surface area (Å²) in [5.41, 5.74) is 0.525. The number of carboxylic acid groups (broad SMARTS) is 1. The van der Waals surface area contributed by atoms with E-state index in [1.54, 1.807) is 0 Å². The van der Waals surface area contributed by atoms with Gasteiger partial charge in [0.2, 0.25) is 0 Å². The van der Waals surface area contributed by atoms with Crippen LogP contribution in [-0.2, 0) is 9.84 Å². The third kappa shape index (κ3) is 2.05. The molecular formula is C12H13N3O4S. The molecule has 8 heteroatoms. The Morgan fingerprint density at radius 1 is 1.30 bits per heavy atom. The maximum atomic E-state index is 12.1. The standard InChI is InChI=1S/C12H13N3O4S/c16-12(17)8-4-5-10-13-14-11(15(10)7-8)9-3-1-2-6-20(9,18)19/h4-5,7,9H,1-3,6H2,(H,16,17). The summed E-state index contributed by atoms with van der Waals surface area (Å²) in [6.45, 7) is 0. The highest BCUT2D eigenvalue weighted by atomic mass is 32.2. The van der Waals surface area contributed by atoms with Gasteiger partial charge in [0.25, 0.3) is 0 Å². The van der Waals surface area contributed by atoms with Crippen LogP contribution in [0.2, 0.25) is 0 Å². The van der Waals surface area contributed by atoms with Gasteiger partial charge in [0, 0.05) is 6.20 Å². The minimum Gasteiger partial charge on any atom is -0.478 e. The van der Waals surface area contributed by atoms with Crippen molar-refractivity contribution in [1.82, 2.24) is 14.6 Å². The smallest absolute Gasteiger partial charge is 0.337 e. The largest absolute Gasteiger partial charge is 0.478 e. The second-order valence-electron chi connectivity index (χ2n) is 4.86. The number of hydrogen-bond donors (Lipinski definition) is 1. The molecule has 20 heavy (non-hydrogen) atoms. The van der Waals surface area contributed by atoms with Gasteiger partial charge in [-0.05, 0) is 25.0 Å². The summed E-state index contributed by atoms with van der Waals surface area (Å²) in [6, 6.07) is 2.95. The van der Waals surface area contributed by atoms with Crippen molar-refractivity contribution >= 4 is 21.5 Å². The lowest BCUT2D eigenvalue weighted by atomic mass is 10.2. The Hall–Kier alpha value is -1.96. The minimum absolute atomic E-state index is 0.0757. The van der Waals surface area contributed by atoms with Crippen LogP contribution in [0.1, 0.15) is 40.7 Å². The number of fused-ring (bicyclic) bond motifs is 1. The molecule has 1 saturated heterocycles. The number of hydrogen-bond acceptors (Lipinski definition) is 5. The molecule has 1 unspecified atom stereocenters. The van der Waals surface area contributed by atoms with Gasteiger partial charge >= 0.3 is 5.97 Å². The molecule has 0 spiro atoms. The Labute approximate surface area is 115 Å². The highest BCUT2D eigenvalue weighted by Gasteiger charge is 2.33. The van der Waals surface area contributed by atoms with Crippen molar-refractivity contribution in [3.05, 3.63) is 29.7 Å². The first-order valence-corrected chi connectivity index (χ1v) is 8.00. The maximum Gasteiger partial charge on any atom is 0.337 e. The van der Waals surface area contributed by atoms with Gasteiger partial charge in [0.1, 0.15) is 5.25 Å². The van der Waals surface area contributed by atoms with E-state index in [4.69, 9.17) is 5.11 Å². The molecule has 1 N–H and O–H groups in total. The van der Waals surface area contributed by atoms with Crippen molar-refractivity contribution in [2.75, 3.05) is 5.75 Å². The second kappa shape index (κ2) is 4.55. The van der Waals surface area contributed by atoms with Crippen LogP contribution in [0.3, 0.4) is 0 Å². The molecule has 106 valence electrons. The molecule has 1 aliphatic rings. The molecule has 0 radical (unpaired) electrons. The van der Waals surface area contributed by atoms with Crippen molar-refractivity contribution in [2.24, 2.45) is 0 Å². The Morgan fingerprint density at radius 2 is 2.10 bits per heavy atom. The van der Waals surface area contributed by atoms with E-state index in [0.717, 1.165) is 6.42 Å². The topological polar surface area (TPSA) is 102 Å². The summed E-state index contributed by atoms with van der Waals surface area (Å²) in [6.07, 6.45) is 3.35. The second-order valence-corrected chi connectivity index (χ2v) is 7.16. The molecule has 3 heterocycles. The van der Waals surface area contributed by atoms with Crippen molar-refractivity contribution in [1.29, 1.82) is 0 Å². The lowest BCUT2D eigenvalue weighted by Gasteiger charge is -2.20. The molecule has 2 aromatic heterocycles. The number of aromatic carboxylic acids is 1. The predicted molar refractivity (Wildman–Crippen MR) is 70.3 cm³/mol. The fourth-order valence-corrected chi connectivity index (χ4v) is 4.40. The van der Waals surface area contributed by atoms with E-state index in [2.05, 4.69) is 10.2 Å². The number of carboxylic acids is 1. The number of sulfone groups is 1. The fourth-order valence-electron chi connectivity index (χ4n) is 2.50. The van der Waals surface area contributed by atoms with Crippen molar-refractivity contribution < 1.29 is 18.3 Å². The maximum absolute atomic E-state index is 12.1. The first kappa shape index (κ1) is 13.0. The van der Waals surface area contributed by atoms with Gasteiger partial charge in [-0.1, -0.05) is 6.42 Å². The lowest BCUT2D eigenvalue weighted by molar-refractivity contribution is 0.0696. The Kier molecular flexibility index (Phi) is 2.97. The lowest BCUT2D eigenvalue weighted by Crippen LogP contribution is -2.23. The van der Waals surface area contributed by atoms with Crippen molar-refractivity contribution in [3.8, 4) is 0 Å². The number of nitrogens with zero attached hydrogens (tertiary/aromatic N) is 3. The van der Waals surface area contributed by atoms with Crippen LogP contribution in [-0.4, -0.2) is 39.8 Å². The average molecular weight is 295 g/mol. The molecule has 0 amide bonds. The molecule has 0 aromatic carbocycles. The van der Waals surface area contributed by atoms with E-state index in [9.17, 15) is 13.2 Å². The predicted octanol–water partition coefficient (Wildman–Crippen LogP) is 1.07. The van der Waals surface area contributed by atoms with Crippen LogP contribution in [0.25, 0.3) is 5.65 Å². The highest BCUT2D eigenvalue weighted by molar-refractivity contribution is 7.91. The first-order chi connectivity index (χ1) is 9.49. The van der Waals surface area contributed by atoms with E-state index in [1.807, 2.05) is 0 Å². The van der Waals surface area contributed by atoms with Crippen LogP contribution in [0, 0.1) is 0 Å². The van der Waals surface area contributed by atoms with Crippen LogP contribution in [0.4, 0.5) is 0 Å². The van der Waals surface area contributed by atoms with Gasteiger partial charge in [-0.2, -0.15) is 0 Å². The molecular weight excluding hydrogens is 282 g/mol. The zero-order chi connectivity index (χ0) is 14.3. The summed E-state index contributed by atoms with van der Waals surface area (Å²) in [4.78, 5) is 11.0.